The summed E-state index contributed by atoms with van der Waals surface area (Å²) in [6.45, 7) is -0.869. The van der Waals surface area contributed by atoms with Gasteiger partial charge in [0, 0.05) is 23.3 Å². The first-order valence-electron chi connectivity index (χ1n) is 16.5. The van der Waals surface area contributed by atoms with Crippen LogP contribution in [0.3, 0.4) is 0 Å². The predicted molar refractivity (Wildman–Crippen MR) is 190 cm³/mol. The van der Waals surface area contributed by atoms with Crippen LogP contribution in [-0.2, 0) is 33.3 Å². The van der Waals surface area contributed by atoms with E-state index in [0.717, 1.165) is 42.5 Å². The molecule has 4 aromatic carbocycles. The normalized spacial score (nSPS) is 20.3. The first kappa shape index (κ1) is 39.8. The Bertz CT molecular complexity index is 2400. The zero-order valence-corrected chi connectivity index (χ0v) is 29.1. The Morgan fingerprint density at radius 1 is 0.586 bits per heavy atom. The Hall–Kier alpha value is -7.84. The third-order valence-electron chi connectivity index (χ3n) is 8.75. The van der Waals surface area contributed by atoms with Crippen LogP contribution in [0, 0.1) is 0 Å². The third kappa shape index (κ3) is 7.80. The molecule has 58 heavy (non-hydrogen) atoms. The van der Waals surface area contributed by atoms with E-state index in [1.807, 2.05) is 0 Å². The summed E-state index contributed by atoms with van der Waals surface area (Å²) in [6, 6.07) is 8.21. The van der Waals surface area contributed by atoms with Crippen molar-refractivity contribution < 1.29 is 99.0 Å². The van der Waals surface area contributed by atoms with Gasteiger partial charge in [0.2, 0.25) is 23.9 Å². The average molecular weight is 807 g/mol. The van der Waals surface area contributed by atoms with Crippen LogP contribution in [-0.4, -0.2) is 117 Å². The number of fused-ring (bicyclic) bond motifs is 4. The number of benzene rings is 4. The van der Waals surface area contributed by atoms with Crippen LogP contribution in [0.25, 0.3) is 23.3 Å². The zero-order chi connectivity index (χ0) is 42.2. The highest BCUT2D eigenvalue weighted by molar-refractivity contribution is 6.08. The van der Waals surface area contributed by atoms with Gasteiger partial charge < -0.3 is 79.9 Å². The summed E-state index contributed by atoms with van der Waals surface area (Å²) in [5, 5.41) is 113. The molecule has 302 valence electrons. The van der Waals surface area contributed by atoms with Crippen LogP contribution < -0.4 is 0 Å². The maximum Gasteiger partial charge on any atom is 0.339 e. The number of phenols is 10. The molecule has 0 amide bonds. The molecule has 0 spiro atoms. The van der Waals surface area contributed by atoms with Gasteiger partial charge in [-0.2, -0.15) is 0 Å². The van der Waals surface area contributed by atoms with E-state index in [9.17, 15) is 75.3 Å². The summed E-state index contributed by atoms with van der Waals surface area (Å²) in [5.41, 5.74) is -3.22. The number of carbonyl (C=O) groups is 4. The third-order valence-corrected chi connectivity index (χ3v) is 8.75. The topological polar surface area (TPSA) is 337 Å². The van der Waals surface area contributed by atoms with Crippen molar-refractivity contribution >= 4 is 36.0 Å². The molecule has 20 heteroatoms. The van der Waals surface area contributed by atoms with Crippen molar-refractivity contribution in [2.24, 2.45) is 0 Å². The lowest BCUT2D eigenvalue weighted by Gasteiger charge is -2.42. The smallest absolute Gasteiger partial charge is 0.339 e. The minimum absolute atomic E-state index is 0.181. The minimum Gasteiger partial charge on any atom is -0.504 e. The van der Waals surface area contributed by atoms with Crippen molar-refractivity contribution in [2.75, 3.05) is 6.61 Å². The number of phenolic OH excluding ortho intramolecular Hbond substituents is 10. The lowest BCUT2D eigenvalue weighted by Crippen LogP contribution is -2.62. The van der Waals surface area contributed by atoms with Gasteiger partial charge in [-0.3, -0.25) is 0 Å². The molecule has 4 aromatic rings. The van der Waals surface area contributed by atoms with Crippen LogP contribution in [0.1, 0.15) is 31.8 Å². The molecule has 2 heterocycles. The number of hydrogen-bond donors (Lipinski definition) is 11. The van der Waals surface area contributed by atoms with E-state index in [1.165, 1.54) is 18.2 Å². The molecule has 6 rings (SSSR count). The second kappa shape index (κ2) is 15.7. The van der Waals surface area contributed by atoms with Crippen molar-refractivity contribution in [3.63, 3.8) is 0 Å². The first-order valence-corrected chi connectivity index (χ1v) is 16.5. The van der Waals surface area contributed by atoms with Gasteiger partial charge in [0.1, 0.15) is 18.8 Å². The molecule has 0 aliphatic carbocycles. The van der Waals surface area contributed by atoms with E-state index in [4.69, 9.17) is 23.7 Å². The fraction of sp³-hybridized carbons (Fsp3) is 0.158. The van der Waals surface area contributed by atoms with Crippen molar-refractivity contribution in [2.45, 2.75) is 30.7 Å². The molecule has 1 fully saturated rings. The number of ether oxygens (including phenoxy) is 5. The molecule has 0 aromatic heterocycles. The summed E-state index contributed by atoms with van der Waals surface area (Å²) in [5.74, 6) is -14.8. The minimum atomic E-state index is -2.15. The van der Waals surface area contributed by atoms with Gasteiger partial charge in [0.25, 0.3) is 0 Å². The van der Waals surface area contributed by atoms with Gasteiger partial charge in [0.05, 0.1) is 11.1 Å². The summed E-state index contributed by atoms with van der Waals surface area (Å²) >= 11 is 0. The van der Waals surface area contributed by atoms with E-state index >= 15 is 0 Å². The second-order valence-corrected chi connectivity index (χ2v) is 12.5. The average Bonchev–Trinajstić information content (AvgIpc) is 3.18. The van der Waals surface area contributed by atoms with Gasteiger partial charge in [-0.25, -0.2) is 19.2 Å². The van der Waals surface area contributed by atoms with Crippen molar-refractivity contribution in [1.82, 2.24) is 0 Å². The van der Waals surface area contributed by atoms with Gasteiger partial charge in [-0.05, 0) is 59.7 Å². The van der Waals surface area contributed by atoms with Crippen molar-refractivity contribution in [1.29, 1.82) is 0 Å². The number of aliphatic hydroxyl groups is 1. The van der Waals surface area contributed by atoms with Crippen LogP contribution in [0.15, 0.2) is 60.7 Å². The molecule has 0 saturated carbocycles. The Morgan fingerprint density at radius 2 is 1.05 bits per heavy atom. The van der Waals surface area contributed by atoms with E-state index in [0.29, 0.717) is 12.1 Å². The molecular weight excluding hydrogens is 776 g/mol. The Morgan fingerprint density at radius 3 is 1.53 bits per heavy atom. The summed E-state index contributed by atoms with van der Waals surface area (Å²) < 4.78 is 27.3. The lowest BCUT2D eigenvalue weighted by molar-refractivity contribution is -0.290. The molecule has 20 nitrogen and oxygen atoms in total. The molecule has 11 N–H and O–H groups in total. The Labute approximate surface area is 323 Å². The monoisotopic (exact) mass is 806 g/mol. The Balaban J connectivity index is 1.39. The summed E-state index contributed by atoms with van der Waals surface area (Å²) in [7, 11) is 0. The lowest BCUT2D eigenvalue weighted by atomic mass is 9.91. The fourth-order valence-electron chi connectivity index (χ4n) is 5.86. The molecular formula is C38H30O20. The Kier molecular flexibility index (Phi) is 10.8. The predicted octanol–water partition coefficient (Wildman–Crippen LogP) is 2.07. The highest BCUT2D eigenvalue weighted by Crippen LogP contribution is 2.53. The standard InChI is InChI=1S/C38H30O20/c39-18-5-1-14(9-20(18)41)3-7-25(45)54-13-24-31(49)34-35(38(55-24)56-26(46)8-4-15-2-6-19(40)21(42)10-15)58-37(53)17-12-23(44)30(48)33(51)28(17)27-16(36(52)57-34)11-22(43)29(47)32(27)50/h1-12,24,31,34-35,38-44,47-51H,13H2. The van der Waals surface area contributed by atoms with Crippen molar-refractivity contribution in [3.8, 4) is 68.6 Å². The van der Waals surface area contributed by atoms with Gasteiger partial charge in [0.15, 0.2) is 52.1 Å². The SMILES string of the molecule is O=C(C=Cc1ccc(O)c(O)c1)OCC1OC(OC(=O)C=Cc2ccc(O)c(O)c2)C2OC(=O)c3cc(O)c(O)c(O)c3-c3c(cc(O)c(O)c3O)C(=O)OC2C1O. The highest BCUT2D eigenvalue weighted by Gasteiger charge is 2.53. The summed E-state index contributed by atoms with van der Waals surface area (Å²) in [6.07, 6.45) is -6.32. The van der Waals surface area contributed by atoms with Crippen LogP contribution in [0.4, 0.5) is 0 Å². The molecule has 1 saturated heterocycles. The highest BCUT2D eigenvalue weighted by atomic mass is 16.7. The van der Waals surface area contributed by atoms with Crippen LogP contribution >= 0.6 is 0 Å². The fourth-order valence-corrected chi connectivity index (χ4v) is 5.86. The van der Waals surface area contributed by atoms with Gasteiger partial charge >= 0.3 is 23.9 Å². The van der Waals surface area contributed by atoms with E-state index in [-0.39, 0.29) is 11.1 Å². The van der Waals surface area contributed by atoms with Crippen molar-refractivity contribution in [3.05, 3.63) is 82.9 Å². The zero-order valence-electron chi connectivity index (χ0n) is 29.1. The molecule has 0 bridgehead atoms. The molecule has 2 aliphatic heterocycles. The molecule has 5 atom stereocenters. The summed E-state index contributed by atoms with van der Waals surface area (Å²) in [4.78, 5) is 53.6. The number of aliphatic hydroxyl groups excluding tert-OH is 1. The number of esters is 4. The van der Waals surface area contributed by atoms with E-state index < -0.39 is 141 Å². The largest absolute Gasteiger partial charge is 0.504 e. The molecule has 0 radical (unpaired) electrons. The number of hydrogen-bond acceptors (Lipinski definition) is 20. The first-order chi connectivity index (χ1) is 27.4. The van der Waals surface area contributed by atoms with E-state index in [2.05, 4.69) is 0 Å². The molecule has 2 aliphatic rings. The number of aromatic hydroxyl groups is 10. The second-order valence-electron chi connectivity index (χ2n) is 12.5. The molecule has 5 unspecified atom stereocenters. The van der Waals surface area contributed by atoms with Gasteiger partial charge in [-0.1, -0.05) is 12.1 Å². The quantitative estimate of drug-likeness (QED) is 0.0551. The maximum atomic E-state index is 13.9. The van der Waals surface area contributed by atoms with E-state index in [1.54, 1.807) is 0 Å². The number of rotatable bonds is 7. The van der Waals surface area contributed by atoms with Gasteiger partial charge in [-0.15, -0.1) is 0 Å². The van der Waals surface area contributed by atoms with Crippen LogP contribution in [0.5, 0.6) is 57.5 Å². The maximum absolute atomic E-state index is 13.9. The number of carbonyl (C=O) groups excluding carboxylic acids is 4. The van der Waals surface area contributed by atoms with Crippen LogP contribution in [0.2, 0.25) is 0 Å².